The lowest BCUT2D eigenvalue weighted by Crippen LogP contribution is -2.50. The maximum atomic E-state index is 11.2. The third kappa shape index (κ3) is 8.23. The van der Waals surface area contributed by atoms with Crippen molar-refractivity contribution in [2.75, 3.05) is 26.2 Å². The fourth-order valence-electron chi connectivity index (χ4n) is 2.94. The molecule has 1 fully saturated rings. The molecule has 2 amide bonds. The van der Waals surface area contributed by atoms with Gasteiger partial charge in [0.2, 0.25) is 0 Å². The number of hydrogen-bond donors (Lipinski definition) is 3. The van der Waals surface area contributed by atoms with Gasteiger partial charge in [0.1, 0.15) is 11.9 Å². The molecule has 0 radical (unpaired) electrons. The van der Waals surface area contributed by atoms with E-state index in [1.54, 1.807) is 4.90 Å². The summed E-state index contributed by atoms with van der Waals surface area (Å²) in [6, 6.07) is 7.97. The predicted molar refractivity (Wildman–Crippen MR) is 120 cm³/mol. The Morgan fingerprint density at radius 1 is 1.41 bits per heavy atom. The highest BCUT2D eigenvalue weighted by Gasteiger charge is 2.21. The smallest absolute Gasteiger partial charge is 0.314 e. The lowest BCUT2D eigenvalue weighted by Gasteiger charge is -2.32. The van der Waals surface area contributed by atoms with Crippen LogP contribution in [0, 0.1) is 6.92 Å². The van der Waals surface area contributed by atoms with Gasteiger partial charge in [-0.25, -0.2) is 9.79 Å². The quantitative estimate of drug-likeness (QED) is 0.325. The summed E-state index contributed by atoms with van der Waals surface area (Å²) in [5.74, 6) is 1.65. The van der Waals surface area contributed by atoms with Crippen molar-refractivity contribution in [3.8, 4) is 5.75 Å². The van der Waals surface area contributed by atoms with Crippen molar-refractivity contribution < 1.29 is 9.53 Å². The van der Waals surface area contributed by atoms with E-state index in [2.05, 4.69) is 15.6 Å². The van der Waals surface area contributed by atoms with Crippen LogP contribution in [0.25, 0.3) is 0 Å². The molecule has 0 aromatic heterocycles. The molecule has 1 aromatic rings. The second kappa shape index (κ2) is 11.9. The number of nitrogens with one attached hydrogen (secondary N) is 2. The molecule has 1 saturated heterocycles. The van der Waals surface area contributed by atoms with E-state index in [0.29, 0.717) is 19.6 Å². The number of carbonyl (C=O) groups is 1. The normalized spacial score (nSPS) is 16.3. The first kappa shape index (κ1) is 23.3. The molecule has 152 valence electrons. The summed E-state index contributed by atoms with van der Waals surface area (Å²) in [5.41, 5.74) is 6.51. The Labute approximate surface area is 179 Å². The summed E-state index contributed by atoms with van der Waals surface area (Å²) in [4.78, 5) is 17.5. The highest BCUT2D eigenvalue weighted by atomic mass is 127. The Hall–Kier alpha value is -1.71. The van der Waals surface area contributed by atoms with Gasteiger partial charge in [0, 0.05) is 25.7 Å². The van der Waals surface area contributed by atoms with Crippen LogP contribution >= 0.6 is 24.0 Å². The number of likely N-dealkylation sites (tertiary alicyclic amines) is 1. The molecule has 1 aromatic carbocycles. The van der Waals surface area contributed by atoms with Gasteiger partial charge < -0.3 is 26.0 Å². The van der Waals surface area contributed by atoms with Crippen LogP contribution in [0.4, 0.5) is 4.79 Å². The zero-order valence-electron chi connectivity index (χ0n) is 16.4. The van der Waals surface area contributed by atoms with Crippen molar-refractivity contribution in [2.24, 2.45) is 10.7 Å². The maximum Gasteiger partial charge on any atom is 0.314 e. The van der Waals surface area contributed by atoms with Crippen LogP contribution in [0.1, 0.15) is 32.3 Å². The zero-order valence-corrected chi connectivity index (χ0v) is 18.7. The minimum Gasteiger partial charge on any atom is -0.489 e. The topological polar surface area (TPSA) is 92.0 Å². The molecular formula is C19H32IN5O2. The van der Waals surface area contributed by atoms with Gasteiger partial charge in [-0.3, -0.25) is 0 Å². The van der Waals surface area contributed by atoms with Gasteiger partial charge in [0.05, 0.1) is 6.54 Å². The standard InChI is InChI=1S/C19H31N5O2.HI/c1-4-21-19(23-16-8-10-24(11-9-16)18(20)25)22-13-15(3)26-17-7-5-6-14(2)12-17;/h5-7,12,15-16H,4,8-11,13H2,1-3H3,(H2,20,25)(H2,21,22,23);1H. The van der Waals surface area contributed by atoms with E-state index < -0.39 is 0 Å². The number of aliphatic imine (C=N–C) groups is 1. The van der Waals surface area contributed by atoms with Gasteiger partial charge in [0.25, 0.3) is 0 Å². The van der Waals surface area contributed by atoms with E-state index in [4.69, 9.17) is 10.5 Å². The Kier molecular flexibility index (Phi) is 10.3. The third-order valence-corrected chi connectivity index (χ3v) is 4.33. The van der Waals surface area contributed by atoms with Gasteiger partial charge in [-0.2, -0.15) is 0 Å². The number of aryl methyl sites for hydroxylation is 1. The van der Waals surface area contributed by atoms with E-state index in [-0.39, 0.29) is 42.2 Å². The SMILES string of the molecule is CCNC(=NCC(C)Oc1cccc(C)c1)NC1CCN(C(N)=O)CC1.I. The number of benzene rings is 1. The number of piperidine rings is 1. The first-order chi connectivity index (χ1) is 12.5. The number of nitrogens with zero attached hydrogens (tertiary/aromatic N) is 2. The van der Waals surface area contributed by atoms with Gasteiger partial charge >= 0.3 is 6.03 Å². The van der Waals surface area contributed by atoms with Crippen LogP contribution in [-0.4, -0.2) is 55.2 Å². The van der Waals surface area contributed by atoms with Crippen molar-refractivity contribution in [3.05, 3.63) is 29.8 Å². The van der Waals surface area contributed by atoms with Crippen molar-refractivity contribution in [1.82, 2.24) is 15.5 Å². The molecular weight excluding hydrogens is 457 g/mol. The minimum absolute atomic E-state index is 0. The van der Waals surface area contributed by atoms with Gasteiger partial charge in [-0.1, -0.05) is 12.1 Å². The number of primary amides is 1. The van der Waals surface area contributed by atoms with Crippen LogP contribution < -0.4 is 21.1 Å². The van der Waals surface area contributed by atoms with E-state index in [0.717, 1.165) is 31.1 Å². The highest BCUT2D eigenvalue weighted by Crippen LogP contribution is 2.14. The molecule has 1 aliphatic rings. The van der Waals surface area contributed by atoms with Crippen LogP contribution in [0.15, 0.2) is 29.3 Å². The van der Waals surface area contributed by atoms with Crippen LogP contribution in [0.2, 0.25) is 0 Å². The number of urea groups is 1. The van der Waals surface area contributed by atoms with E-state index >= 15 is 0 Å². The second-order valence-electron chi connectivity index (χ2n) is 6.71. The predicted octanol–water partition coefficient (Wildman–Crippen LogP) is 2.48. The summed E-state index contributed by atoms with van der Waals surface area (Å²) >= 11 is 0. The molecule has 0 spiro atoms. The van der Waals surface area contributed by atoms with Gasteiger partial charge in [-0.05, 0) is 51.3 Å². The molecule has 8 heteroatoms. The fraction of sp³-hybridized carbons (Fsp3) is 0.579. The number of halogens is 1. The molecule has 2 rings (SSSR count). The van der Waals surface area contributed by atoms with E-state index in [1.165, 1.54) is 5.56 Å². The number of ether oxygens (including phenoxy) is 1. The van der Waals surface area contributed by atoms with Crippen molar-refractivity contribution in [1.29, 1.82) is 0 Å². The molecule has 0 aliphatic carbocycles. The van der Waals surface area contributed by atoms with E-state index in [1.807, 2.05) is 45.0 Å². The molecule has 0 saturated carbocycles. The first-order valence-electron chi connectivity index (χ1n) is 9.30. The molecule has 27 heavy (non-hydrogen) atoms. The van der Waals surface area contributed by atoms with Crippen LogP contribution in [0.3, 0.4) is 0 Å². The van der Waals surface area contributed by atoms with E-state index in [9.17, 15) is 4.79 Å². The Morgan fingerprint density at radius 2 is 2.11 bits per heavy atom. The number of amides is 2. The number of guanidine groups is 1. The fourth-order valence-corrected chi connectivity index (χ4v) is 2.94. The minimum atomic E-state index is -0.342. The summed E-state index contributed by atoms with van der Waals surface area (Å²) in [7, 11) is 0. The number of rotatable bonds is 6. The Bertz CT molecular complexity index is 618. The Morgan fingerprint density at radius 3 is 2.70 bits per heavy atom. The molecule has 0 bridgehead atoms. The van der Waals surface area contributed by atoms with Crippen LogP contribution in [0.5, 0.6) is 5.75 Å². The van der Waals surface area contributed by atoms with Crippen molar-refractivity contribution in [3.63, 3.8) is 0 Å². The summed E-state index contributed by atoms with van der Waals surface area (Å²) in [6.07, 6.45) is 1.70. The van der Waals surface area contributed by atoms with Crippen molar-refractivity contribution in [2.45, 2.75) is 45.8 Å². The zero-order chi connectivity index (χ0) is 18.9. The summed E-state index contributed by atoms with van der Waals surface area (Å²) < 4.78 is 5.93. The molecule has 1 aliphatic heterocycles. The molecule has 1 heterocycles. The first-order valence-corrected chi connectivity index (χ1v) is 9.30. The number of nitrogens with two attached hydrogens (primary N) is 1. The van der Waals surface area contributed by atoms with Crippen LogP contribution in [-0.2, 0) is 0 Å². The molecule has 1 atom stereocenters. The average Bonchev–Trinajstić information content (AvgIpc) is 2.60. The number of hydrogen-bond acceptors (Lipinski definition) is 3. The van der Waals surface area contributed by atoms with Gasteiger partial charge in [-0.15, -0.1) is 24.0 Å². The van der Waals surface area contributed by atoms with Gasteiger partial charge in [0.15, 0.2) is 5.96 Å². The van der Waals surface area contributed by atoms with Crippen molar-refractivity contribution >= 4 is 36.0 Å². The average molecular weight is 489 g/mol. The summed E-state index contributed by atoms with van der Waals surface area (Å²) in [5, 5.41) is 6.72. The molecule has 1 unspecified atom stereocenters. The third-order valence-electron chi connectivity index (χ3n) is 4.33. The monoisotopic (exact) mass is 489 g/mol. The maximum absolute atomic E-state index is 11.2. The molecule has 7 nitrogen and oxygen atoms in total. The largest absolute Gasteiger partial charge is 0.489 e. The Balaban J connectivity index is 0.00000364. The lowest BCUT2D eigenvalue weighted by atomic mass is 10.1. The molecule has 4 N–H and O–H groups in total. The lowest BCUT2D eigenvalue weighted by molar-refractivity contribution is 0.188. The second-order valence-corrected chi connectivity index (χ2v) is 6.71. The number of carbonyl (C=O) groups excluding carboxylic acids is 1. The summed E-state index contributed by atoms with van der Waals surface area (Å²) in [6.45, 7) is 8.81. The highest BCUT2D eigenvalue weighted by molar-refractivity contribution is 14.0.